The van der Waals surface area contributed by atoms with E-state index >= 15 is 0 Å². The minimum Gasteiger partial charge on any atom is -0.870 e. The van der Waals surface area contributed by atoms with Gasteiger partial charge in [0.1, 0.15) is 57.2 Å². The number of nitrogen functional groups attached to an aromatic ring is 1. The second-order valence-corrected chi connectivity index (χ2v) is 19.9. The summed E-state index contributed by atoms with van der Waals surface area (Å²) in [5.74, 6) is -3.33. The Hall–Kier alpha value is -1.92. The van der Waals surface area contributed by atoms with E-state index in [4.69, 9.17) is 17.3 Å². The van der Waals surface area contributed by atoms with Crippen molar-refractivity contribution in [2.75, 3.05) is 11.1 Å². The number of halogens is 1. The molecule has 5 aromatic carbocycles. The molecule has 6 rings (SSSR count). The molecule has 1 heterocycles. The van der Waals surface area contributed by atoms with Crippen molar-refractivity contribution >= 4 is 125 Å². The molecule has 0 bridgehead atoms. The zero-order valence-corrected chi connectivity index (χ0v) is 51.3. The molecule has 0 spiro atoms. The molecule has 0 aliphatic rings. The Morgan fingerprint density at radius 1 is 0.648 bits per heavy atom. The zero-order valence-electron chi connectivity index (χ0n) is 36.5. The van der Waals surface area contributed by atoms with Gasteiger partial charge in [0.15, 0.2) is 0 Å². The standard InChI is InChI=1S/C32H23ClN10O18S5.5Na/c33-30-37-31(35-15-3-1-13(2-4-15)29(45)46)39-32(38-30)36-16-5-7-20(63(50,51)52)18(11-16)40-43-27-23(66(59,60)61)10-14-9-22(65(56,57)58)26(25(34)24(14)28(27)44)42-41-19-12-17(62(47,48)49)6-8-21(19)64(53,54)55;;;;;/h1-12,44H,34H2,(H,45,46)(H,47,48,49)(H,50,51,52)(H,53,54,55)(H,56,57,58)(H,59,60,61)(H2,35,36,37,38,39);;;;;/q;5*+1/p-5. The van der Waals surface area contributed by atoms with Crippen molar-refractivity contribution in [1.82, 2.24) is 15.0 Å². The van der Waals surface area contributed by atoms with Gasteiger partial charge in [-0.1, -0.05) is 17.9 Å². The number of aromatic carboxylic acids is 1. The summed E-state index contributed by atoms with van der Waals surface area (Å²) in [6.07, 6.45) is 0. The van der Waals surface area contributed by atoms with Crippen LogP contribution in [0.4, 0.5) is 45.8 Å². The fourth-order valence-corrected chi connectivity index (χ4v) is 8.68. The Kier molecular flexibility index (Phi) is 24.3. The number of rotatable bonds is 13. The number of hydrogen-bond donors (Lipinski definition) is 5. The number of carboxylic acid groups (broad SMARTS) is 1. The van der Waals surface area contributed by atoms with E-state index in [1.807, 2.05) is 0 Å². The van der Waals surface area contributed by atoms with Crippen molar-refractivity contribution in [3.05, 3.63) is 89.3 Å². The van der Waals surface area contributed by atoms with E-state index < -0.39 is 126 Å². The maximum Gasteiger partial charge on any atom is 1.00 e. The number of hydrogen-bond acceptors (Lipinski definition) is 25. The molecule has 0 unspecified atom stereocenters. The number of carboxylic acids is 1. The first-order valence-corrected chi connectivity index (χ1v) is 24.2. The van der Waals surface area contributed by atoms with Crippen molar-refractivity contribution in [2.24, 2.45) is 25.4 Å². The number of carbonyl (C=O) groups is 1. The SMILES string of the molecule is Nc1c(N=Nc2cc(S(=O)(=O)[O-])ccc2S(=O)(=O)[O-])c(S(=O)(=O)O)cc2cc(S(=O)(=O)O)c(N=Nc3cc(N=c4nc(Nc5ccc(C(=O)[O-])cc5)nc(Cl)[nH]4)ccc3S(=O)(=O)[O-])c([O-])c12.[Na+].[Na+].[Na+].[Na+].[Na+]. The second-order valence-electron chi connectivity index (χ2n) is 12.7. The quantitative estimate of drug-likeness (QED) is 0.0310. The third-order valence-corrected chi connectivity index (χ3v) is 12.8. The van der Waals surface area contributed by atoms with Gasteiger partial charge in [0.25, 0.3) is 20.2 Å². The number of fused-ring (bicyclic) bond motifs is 1. The van der Waals surface area contributed by atoms with Crippen LogP contribution in [-0.2, 0) is 50.6 Å². The number of aromatic amines is 1. The van der Waals surface area contributed by atoms with Gasteiger partial charge in [0.05, 0.1) is 37.7 Å². The molecule has 346 valence electrons. The summed E-state index contributed by atoms with van der Waals surface area (Å²) in [5.41, 5.74) is -0.367. The molecule has 0 amide bonds. The topological polar surface area (TPSA) is 485 Å². The van der Waals surface area contributed by atoms with E-state index in [0.29, 0.717) is 30.3 Å². The fraction of sp³-hybridized carbons (Fsp3) is 0. The van der Waals surface area contributed by atoms with E-state index in [1.54, 1.807) is 0 Å². The molecule has 1 aromatic heterocycles. The fourth-order valence-electron chi connectivity index (χ4n) is 5.52. The number of aromatic nitrogens is 3. The maximum atomic E-state index is 14.0. The predicted octanol–water partition coefficient (Wildman–Crippen LogP) is -13.3. The summed E-state index contributed by atoms with van der Waals surface area (Å²) < 4.78 is 177. The number of azo groups is 2. The summed E-state index contributed by atoms with van der Waals surface area (Å²) in [6.45, 7) is 0. The molecular formula is C32H18ClN10Na5O18S5. The number of nitrogens with zero attached hydrogens (tertiary/aromatic N) is 7. The number of nitrogens with two attached hydrogens (primary N) is 1. The zero-order chi connectivity index (χ0) is 48.9. The summed E-state index contributed by atoms with van der Waals surface area (Å²) in [5, 5.41) is 39.4. The van der Waals surface area contributed by atoms with E-state index in [9.17, 15) is 79.9 Å². The smallest absolute Gasteiger partial charge is 0.870 e. The molecule has 0 saturated carbocycles. The summed E-state index contributed by atoms with van der Waals surface area (Å²) in [4.78, 5) is 19.1. The minimum atomic E-state index is -5.60. The Morgan fingerprint density at radius 3 is 1.63 bits per heavy atom. The van der Waals surface area contributed by atoms with Gasteiger partial charge >= 0.3 is 148 Å². The number of carbonyl (C=O) groups excluding carboxylic acids is 1. The molecule has 0 aliphatic heterocycles. The van der Waals surface area contributed by atoms with Crippen molar-refractivity contribution < 1.29 is 228 Å². The molecular weight excluding hydrogens is 1120 g/mol. The van der Waals surface area contributed by atoms with Crippen LogP contribution in [0.1, 0.15) is 10.4 Å². The van der Waals surface area contributed by atoms with E-state index in [-0.39, 0.29) is 188 Å². The minimum absolute atomic E-state index is 0. The van der Waals surface area contributed by atoms with Gasteiger partial charge in [-0.2, -0.15) is 26.8 Å². The van der Waals surface area contributed by atoms with Crippen molar-refractivity contribution in [1.29, 1.82) is 0 Å². The van der Waals surface area contributed by atoms with Gasteiger partial charge in [-0.15, -0.1) is 20.5 Å². The first kappa shape index (κ1) is 67.1. The molecule has 0 aliphatic carbocycles. The maximum absolute atomic E-state index is 14.0. The average Bonchev–Trinajstić information content (AvgIpc) is 3.18. The van der Waals surface area contributed by atoms with Crippen molar-refractivity contribution in [3.63, 3.8) is 0 Å². The predicted molar refractivity (Wildman–Crippen MR) is 213 cm³/mol. The molecule has 6 N–H and O–H groups in total. The Bertz CT molecular complexity index is 3800. The van der Waals surface area contributed by atoms with Crippen molar-refractivity contribution in [2.45, 2.75) is 24.5 Å². The molecule has 71 heavy (non-hydrogen) atoms. The molecule has 0 saturated heterocycles. The Labute approximate surface area is 515 Å². The monoisotopic (exact) mass is 1140 g/mol. The van der Waals surface area contributed by atoms with Crippen LogP contribution < -0.4 is 175 Å². The molecule has 6 aromatic rings. The normalized spacial score (nSPS) is 12.3. The third-order valence-electron chi connectivity index (χ3n) is 8.31. The summed E-state index contributed by atoms with van der Waals surface area (Å²) in [6, 6.07) is 9.19. The van der Waals surface area contributed by atoms with Crippen LogP contribution in [0.15, 0.2) is 123 Å². The summed E-state index contributed by atoms with van der Waals surface area (Å²) in [7, 11) is -27.5. The van der Waals surface area contributed by atoms with Crippen LogP contribution in [0.25, 0.3) is 10.8 Å². The molecule has 0 radical (unpaired) electrons. The number of nitrogens with one attached hydrogen (secondary N) is 2. The van der Waals surface area contributed by atoms with Crippen LogP contribution in [0, 0.1) is 0 Å². The number of anilines is 3. The first-order valence-electron chi connectivity index (χ1n) is 16.7. The number of H-pyrrole nitrogens is 1. The Balaban J connectivity index is 0.00000504. The molecule has 0 fully saturated rings. The summed E-state index contributed by atoms with van der Waals surface area (Å²) >= 11 is 6.06. The largest absolute Gasteiger partial charge is 1.00 e. The third kappa shape index (κ3) is 16.5. The molecule has 28 nitrogen and oxygen atoms in total. The molecule has 0 atom stereocenters. The van der Waals surface area contributed by atoms with Crippen LogP contribution in [0.3, 0.4) is 0 Å². The van der Waals surface area contributed by atoms with E-state index in [1.165, 1.54) is 24.3 Å². The number of benzene rings is 5. The van der Waals surface area contributed by atoms with E-state index in [2.05, 4.69) is 45.7 Å². The second kappa shape index (κ2) is 25.7. The average molecular weight is 1140 g/mol. The van der Waals surface area contributed by atoms with Gasteiger partial charge in [0.2, 0.25) is 16.9 Å². The van der Waals surface area contributed by atoms with Gasteiger partial charge in [-0.3, -0.25) is 14.1 Å². The van der Waals surface area contributed by atoms with Crippen LogP contribution in [0.5, 0.6) is 5.75 Å². The van der Waals surface area contributed by atoms with Crippen LogP contribution in [0.2, 0.25) is 5.28 Å². The van der Waals surface area contributed by atoms with Crippen molar-refractivity contribution in [3.8, 4) is 5.75 Å². The first-order chi connectivity index (χ1) is 30.4. The van der Waals surface area contributed by atoms with Gasteiger partial charge in [-0.05, 0) is 83.2 Å². The van der Waals surface area contributed by atoms with Crippen LogP contribution >= 0.6 is 11.6 Å². The van der Waals surface area contributed by atoms with Gasteiger partial charge in [-0.25, -0.2) is 30.2 Å². The van der Waals surface area contributed by atoms with Gasteiger partial charge in [0, 0.05) is 11.1 Å². The molecule has 39 heteroatoms. The van der Waals surface area contributed by atoms with Gasteiger partial charge < -0.3 is 39.7 Å². The Morgan fingerprint density at radius 2 is 1.14 bits per heavy atom. The van der Waals surface area contributed by atoms with E-state index in [0.717, 1.165) is 12.1 Å². The van der Waals surface area contributed by atoms with Crippen LogP contribution in [-0.4, -0.2) is 85.8 Å².